The molecule has 0 radical (unpaired) electrons. The summed E-state index contributed by atoms with van der Waals surface area (Å²) in [5.41, 5.74) is 5.06. The standard InChI is InChI=1S/C13H18ClN3O2S2/c1-21-8-4-7-15-13(20)17-16-12(18)9-19-11-6-3-2-5-10(11)14/h2-3,5-6H,4,7-9H2,1H3,(H,16,18)(H2,15,17,20). The summed E-state index contributed by atoms with van der Waals surface area (Å²) < 4.78 is 5.29. The van der Waals surface area contributed by atoms with Crippen molar-refractivity contribution in [3.63, 3.8) is 0 Å². The second-order valence-electron chi connectivity index (χ2n) is 3.99. The summed E-state index contributed by atoms with van der Waals surface area (Å²) in [6, 6.07) is 6.96. The maximum Gasteiger partial charge on any atom is 0.276 e. The summed E-state index contributed by atoms with van der Waals surface area (Å²) in [6.07, 6.45) is 3.06. The zero-order valence-corrected chi connectivity index (χ0v) is 14.0. The summed E-state index contributed by atoms with van der Waals surface area (Å²) in [5.74, 6) is 1.18. The lowest BCUT2D eigenvalue weighted by Crippen LogP contribution is -2.48. The van der Waals surface area contributed by atoms with E-state index in [-0.39, 0.29) is 12.5 Å². The van der Waals surface area contributed by atoms with Gasteiger partial charge in [-0.2, -0.15) is 11.8 Å². The number of thiocarbonyl (C=S) groups is 1. The van der Waals surface area contributed by atoms with Crippen molar-refractivity contribution in [2.24, 2.45) is 0 Å². The Morgan fingerprint density at radius 3 is 2.86 bits per heavy atom. The fourth-order valence-corrected chi connectivity index (χ4v) is 2.11. The molecule has 116 valence electrons. The van der Waals surface area contributed by atoms with Crippen LogP contribution in [0.1, 0.15) is 6.42 Å². The number of ether oxygens (including phenoxy) is 1. The lowest BCUT2D eigenvalue weighted by Gasteiger charge is -2.12. The van der Waals surface area contributed by atoms with Crippen molar-refractivity contribution in [1.82, 2.24) is 16.2 Å². The van der Waals surface area contributed by atoms with Gasteiger partial charge in [-0.05, 0) is 42.8 Å². The minimum absolute atomic E-state index is 0.147. The number of hydrazine groups is 1. The maximum absolute atomic E-state index is 11.6. The normalized spacial score (nSPS) is 9.81. The Balaban J connectivity index is 2.16. The topological polar surface area (TPSA) is 62.4 Å². The predicted octanol–water partition coefficient (Wildman–Crippen LogP) is 1.97. The first-order chi connectivity index (χ1) is 10.1. The number of benzene rings is 1. The smallest absolute Gasteiger partial charge is 0.276 e. The average Bonchev–Trinajstić information content (AvgIpc) is 2.48. The molecule has 0 aromatic heterocycles. The predicted molar refractivity (Wildman–Crippen MR) is 91.8 cm³/mol. The van der Waals surface area contributed by atoms with Gasteiger partial charge in [0.2, 0.25) is 0 Å². The van der Waals surface area contributed by atoms with Crippen molar-refractivity contribution in [1.29, 1.82) is 0 Å². The fraction of sp³-hybridized carbons (Fsp3) is 0.385. The Bertz CT molecular complexity index is 474. The number of carbonyl (C=O) groups excluding carboxylic acids is 1. The number of hydrogen-bond donors (Lipinski definition) is 3. The van der Waals surface area contributed by atoms with Gasteiger partial charge < -0.3 is 10.1 Å². The molecule has 0 atom stereocenters. The summed E-state index contributed by atoms with van der Waals surface area (Å²) in [6.45, 7) is 0.616. The number of halogens is 1. The number of para-hydroxylation sites is 1. The second-order valence-corrected chi connectivity index (χ2v) is 5.80. The first-order valence-corrected chi connectivity index (χ1v) is 8.50. The van der Waals surface area contributed by atoms with Crippen molar-refractivity contribution in [3.8, 4) is 5.75 Å². The van der Waals surface area contributed by atoms with Crippen LogP contribution in [0.5, 0.6) is 5.75 Å². The highest BCUT2D eigenvalue weighted by atomic mass is 35.5. The van der Waals surface area contributed by atoms with E-state index in [0.717, 1.165) is 18.7 Å². The van der Waals surface area contributed by atoms with E-state index >= 15 is 0 Å². The lowest BCUT2D eigenvalue weighted by molar-refractivity contribution is -0.123. The molecule has 0 aliphatic heterocycles. The molecule has 0 spiro atoms. The molecule has 0 unspecified atom stereocenters. The van der Waals surface area contributed by atoms with Crippen LogP contribution in [-0.2, 0) is 4.79 Å². The van der Waals surface area contributed by atoms with E-state index in [1.54, 1.807) is 36.0 Å². The van der Waals surface area contributed by atoms with Crippen LogP contribution >= 0.6 is 35.6 Å². The highest BCUT2D eigenvalue weighted by Gasteiger charge is 2.05. The van der Waals surface area contributed by atoms with Crippen LogP contribution in [-0.4, -0.2) is 36.2 Å². The van der Waals surface area contributed by atoms with E-state index in [9.17, 15) is 4.79 Å². The Morgan fingerprint density at radius 1 is 1.38 bits per heavy atom. The molecule has 0 aliphatic rings. The van der Waals surface area contributed by atoms with Crippen LogP contribution < -0.4 is 20.9 Å². The van der Waals surface area contributed by atoms with Gasteiger partial charge in [0.1, 0.15) is 5.75 Å². The number of thioether (sulfide) groups is 1. The zero-order valence-electron chi connectivity index (χ0n) is 11.6. The summed E-state index contributed by atoms with van der Waals surface area (Å²) in [4.78, 5) is 11.6. The van der Waals surface area contributed by atoms with Crippen molar-refractivity contribution in [2.75, 3.05) is 25.2 Å². The van der Waals surface area contributed by atoms with Gasteiger partial charge in [-0.1, -0.05) is 23.7 Å². The number of hydrogen-bond acceptors (Lipinski definition) is 4. The van der Waals surface area contributed by atoms with Gasteiger partial charge in [0.15, 0.2) is 11.7 Å². The van der Waals surface area contributed by atoms with Gasteiger partial charge in [0.05, 0.1) is 5.02 Å². The minimum atomic E-state index is -0.344. The molecular weight excluding hydrogens is 330 g/mol. The molecule has 1 aromatic carbocycles. The van der Waals surface area contributed by atoms with Crippen LogP contribution in [0.4, 0.5) is 0 Å². The molecule has 8 heteroatoms. The molecular formula is C13H18ClN3O2S2. The van der Waals surface area contributed by atoms with Crippen LogP contribution in [0.3, 0.4) is 0 Å². The van der Waals surface area contributed by atoms with Crippen molar-refractivity contribution in [2.45, 2.75) is 6.42 Å². The monoisotopic (exact) mass is 347 g/mol. The zero-order chi connectivity index (χ0) is 15.5. The van der Waals surface area contributed by atoms with Gasteiger partial charge in [0.25, 0.3) is 5.91 Å². The third-order valence-electron chi connectivity index (χ3n) is 2.32. The highest BCUT2D eigenvalue weighted by molar-refractivity contribution is 7.98. The van der Waals surface area contributed by atoms with Gasteiger partial charge in [0, 0.05) is 6.54 Å². The third kappa shape index (κ3) is 7.99. The van der Waals surface area contributed by atoms with E-state index in [1.165, 1.54) is 0 Å². The summed E-state index contributed by atoms with van der Waals surface area (Å²) in [7, 11) is 0. The fourth-order valence-electron chi connectivity index (χ4n) is 1.33. The second kappa shape index (κ2) is 10.5. The Labute approximate surface area is 139 Å². The first kappa shape index (κ1) is 17.9. The van der Waals surface area contributed by atoms with E-state index in [1.807, 2.05) is 0 Å². The average molecular weight is 348 g/mol. The van der Waals surface area contributed by atoms with Gasteiger partial charge in [-0.3, -0.25) is 15.6 Å². The molecule has 0 saturated heterocycles. The largest absolute Gasteiger partial charge is 0.482 e. The molecule has 0 aliphatic carbocycles. The van der Waals surface area contributed by atoms with Crippen LogP contribution in [0.15, 0.2) is 24.3 Å². The third-order valence-corrected chi connectivity index (χ3v) is 3.58. The van der Waals surface area contributed by atoms with E-state index in [4.69, 9.17) is 28.6 Å². The summed E-state index contributed by atoms with van der Waals surface area (Å²) in [5, 5.41) is 3.83. The molecule has 0 fully saturated rings. The molecule has 3 N–H and O–H groups in total. The SMILES string of the molecule is CSCCCNC(=S)NNC(=O)COc1ccccc1Cl. The maximum atomic E-state index is 11.6. The van der Waals surface area contributed by atoms with E-state index in [0.29, 0.717) is 15.9 Å². The Kier molecular flexibility index (Phi) is 8.96. The first-order valence-electron chi connectivity index (χ1n) is 6.32. The Morgan fingerprint density at radius 2 is 2.14 bits per heavy atom. The number of rotatable bonds is 7. The highest BCUT2D eigenvalue weighted by Crippen LogP contribution is 2.22. The number of nitrogens with one attached hydrogen (secondary N) is 3. The van der Waals surface area contributed by atoms with Crippen molar-refractivity contribution in [3.05, 3.63) is 29.3 Å². The molecule has 5 nitrogen and oxygen atoms in total. The Hall–Kier alpha value is -1.18. The van der Waals surface area contributed by atoms with Crippen molar-refractivity contribution >= 4 is 46.6 Å². The number of carbonyl (C=O) groups is 1. The molecule has 0 heterocycles. The van der Waals surface area contributed by atoms with E-state index < -0.39 is 0 Å². The van der Waals surface area contributed by atoms with Gasteiger partial charge >= 0.3 is 0 Å². The van der Waals surface area contributed by atoms with Crippen LogP contribution in [0.25, 0.3) is 0 Å². The minimum Gasteiger partial charge on any atom is -0.482 e. The van der Waals surface area contributed by atoms with Crippen molar-refractivity contribution < 1.29 is 9.53 Å². The molecule has 21 heavy (non-hydrogen) atoms. The molecule has 1 aromatic rings. The molecule has 0 saturated carbocycles. The van der Waals surface area contributed by atoms with Crippen LogP contribution in [0.2, 0.25) is 5.02 Å². The molecule has 0 bridgehead atoms. The quantitative estimate of drug-likeness (QED) is 0.398. The summed E-state index contributed by atoms with van der Waals surface area (Å²) >= 11 is 12.7. The lowest BCUT2D eigenvalue weighted by atomic mass is 10.3. The van der Waals surface area contributed by atoms with Gasteiger partial charge in [-0.15, -0.1) is 0 Å². The van der Waals surface area contributed by atoms with Gasteiger partial charge in [-0.25, -0.2) is 0 Å². The van der Waals surface area contributed by atoms with Crippen LogP contribution in [0, 0.1) is 0 Å². The number of amides is 1. The molecule has 1 rings (SSSR count). The molecule has 1 amide bonds. The van der Waals surface area contributed by atoms with E-state index in [2.05, 4.69) is 22.4 Å².